The number of nitrogens with one attached hydrogen (secondary N) is 1. The number of nitrogens with zero attached hydrogens (tertiary/aromatic N) is 3. The second-order valence-electron chi connectivity index (χ2n) is 6.09. The zero-order valence-electron chi connectivity index (χ0n) is 13.3. The lowest BCUT2D eigenvalue weighted by atomic mass is 10.0. The van der Waals surface area contributed by atoms with Gasteiger partial charge in [-0.1, -0.05) is 6.07 Å². The second-order valence-corrected chi connectivity index (χ2v) is 8.83. The molecule has 3 heterocycles. The summed E-state index contributed by atoms with van der Waals surface area (Å²) in [4.78, 5) is 17.7. The minimum Gasteiger partial charge on any atom is -0.339 e. The summed E-state index contributed by atoms with van der Waals surface area (Å²) in [7, 11) is -0.147. The Morgan fingerprint density at radius 3 is 2.57 bits per heavy atom. The van der Waals surface area contributed by atoms with Crippen molar-refractivity contribution in [2.45, 2.75) is 18.5 Å². The van der Waals surface area contributed by atoms with Crippen LogP contribution in [0.25, 0.3) is 0 Å². The summed E-state index contributed by atoms with van der Waals surface area (Å²) < 4.78 is 28.6. The lowest BCUT2D eigenvalue weighted by Gasteiger charge is -2.40. The molecule has 2 fully saturated rings. The van der Waals surface area contributed by atoms with Crippen LogP contribution in [-0.4, -0.2) is 74.7 Å². The van der Waals surface area contributed by atoms with Crippen molar-refractivity contribution in [2.24, 2.45) is 0 Å². The molecule has 7 nitrogen and oxygen atoms in total. The molecule has 1 amide bonds. The molecule has 0 saturated carbocycles. The number of carbonyl (C=O) groups is 1. The van der Waals surface area contributed by atoms with Crippen molar-refractivity contribution in [1.29, 1.82) is 0 Å². The molecule has 0 spiro atoms. The summed E-state index contributed by atoms with van der Waals surface area (Å²) >= 11 is 1.50. The smallest absolute Gasteiger partial charge is 0.280 e. The topological polar surface area (TPSA) is 73.0 Å². The van der Waals surface area contributed by atoms with E-state index in [4.69, 9.17) is 0 Å². The zero-order chi connectivity index (χ0) is 16.6. The van der Waals surface area contributed by atoms with E-state index in [2.05, 4.69) is 9.62 Å². The first-order chi connectivity index (χ1) is 10.9. The van der Waals surface area contributed by atoms with Crippen LogP contribution in [0.2, 0.25) is 0 Å². The van der Waals surface area contributed by atoms with Gasteiger partial charge >= 0.3 is 0 Å². The normalized spacial score (nSPS) is 29.6. The number of likely N-dealkylation sites (N-methyl/N-ethyl adjacent to an activating group) is 2. The van der Waals surface area contributed by atoms with E-state index in [1.54, 1.807) is 4.90 Å². The van der Waals surface area contributed by atoms with E-state index in [1.165, 1.54) is 22.7 Å². The number of piperazine rings is 1. The summed E-state index contributed by atoms with van der Waals surface area (Å²) in [5, 5.41) is 1.92. The monoisotopic (exact) mass is 358 g/mol. The summed E-state index contributed by atoms with van der Waals surface area (Å²) in [5.41, 5.74) is 0. The van der Waals surface area contributed by atoms with Crippen LogP contribution >= 0.6 is 11.3 Å². The molecule has 2 saturated heterocycles. The fourth-order valence-corrected chi connectivity index (χ4v) is 5.13. The van der Waals surface area contributed by atoms with E-state index >= 15 is 0 Å². The first-order valence-electron chi connectivity index (χ1n) is 7.64. The Kier molecular flexibility index (Phi) is 4.75. The number of hydrogen-bond acceptors (Lipinski definition) is 5. The molecular weight excluding hydrogens is 336 g/mol. The molecule has 1 aromatic rings. The van der Waals surface area contributed by atoms with Gasteiger partial charge < -0.3 is 9.80 Å². The molecule has 2 atom stereocenters. The van der Waals surface area contributed by atoms with E-state index < -0.39 is 16.3 Å². The van der Waals surface area contributed by atoms with Crippen molar-refractivity contribution >= 4 is 27.5 Å². The highest BCUT2D eigenvalue weighted by atomic mass is 32.2. The molecule has 1 N–H and O–H groups in total. The van der Waals surface area contributed by atoms with Crippen LogP contribution in [0.3, 0.4) is 0 Å². The second kappa shape index (κ2) is 6.48. The highest BCUT2D eigenvalue weighted by Crippen LogP contribution is 2.31. The van der Waals surface area contributed by atoms with Crippen molar-refractivity contribution in [2.75, 3.05) is 40.3 Å². The molecule has 0 unspecified atom stereocenters. The third kappa shape index (κ3) is 3.43. The summed E-state index contributed by atoms with van der Waals surface area (Å²) in [6.07, 6.45) is 0.460. The third-order valence-electron chi connectivity index (χ3n) is 4.55. The Labute approximate surface area is 141 Å². The molecule has 2 aliphatic heterocycles. The Balaban J connectivity index is 1.80. The Hall–Kier alpha value is -1.00. The average molecular weight is 358 g/mol. The lowest BCUT2D eigenvalue weighted by molar-refractivity contribution is -0.137. The minimum atomic E-state index is -3.65. The van der Waals surface area contributed by atoms with Gasteiger partial charge in [-0.15, -0.1) is 11.3 Å². The van der Waals surface area contributed by atoms with Crippen LogP contribution in [0.1, 0.15) is 17.3 Å². The highest BCUT2D eigenvalue weighted by molar-refractivity contribution is 7.87. The molecule has 2 aliphatic rings. The van der Waals surface area contributed by atoms with Crippen LogP contribution < -0.4 is 4.72 Å². The molecule has 128 valence electrons. The Bertz CT molecular complexity index is 654. The van der Waals surface area contributed by atoms with Gasteiger partial charge in [-0.25, -0.2) is 0 Å². The summed E-state index contributed by atoms with van der Waals surface area (Å²) in [5.74, 6) is -0.0905. The third-order valence-corrected chi connectivity index (χ3v) is 7.14. The van der Waals surface area contributed by atoms with Crippen molar-refractivity contribution in [3.63, 3.8) is 0 Å². The Morgan fingerprint density at radius 1 is 1.26 bits per heavy atom. The molecule has 0 aliphatic carbocycles. The zero-order valence-corrected chi connectivity index (χ0v) is 14.9. The maximum atomic E-state index is 12.9. The number of rotatable bonds is 2. The number of thiophene rings is 1. The van der Waals surface area contributed by atoms with Crippen molar-refractivity contribution in [3.8, 4) is 0 Å². The van der Waals surface area contributed by atoms with Gasteiger partial charge in [-0.05, 0) is 24.9 Å². The van der Waals surface area contributed by atoms with Gasteiger partial charge in [0.05, 0.1) is 6.04 Å². The van der Waals surface area contributed by atoms with E-state index in [0.29, 0.717) is 19.5 Å². The first kappa shape index (κ1) is 16.8. The standard InChI is InChI=1S/C14H22N4O3S2/c1-16-5-7-18(8-6-16)14(19)12-10-11(13-4-3-9-22-13)15-23(20,21)17(12)2/h3-4,9,11-12,15H,5-8,10H2,1-2H3/t11-,12-/m0/s1. The van der Waals surface area contributed by atoms with E-state index in [9.17, 15) is 13.2 Å². The fraction of sp³-hybridized carbons (Fsp3) is 0.643. The maximum Gasteiger partial charge on any atom is 0.280 e. The largest absolute Gasteiger partial charge is 0.339 e. The van der Waals surface area contributed by atoms with E-state index in [-0.39, 0.29) is 11.9 Å². The van der Waals surface area contributed by atoms with Gasteiger partial charge in [0.1, 0.15) is 6.04 Å². The predicted molar refractivity (Wildman–Crippen MR) is 89.4 cm³/mol. The van der Waals surface area contributed by atoms with Crippen LogP contribution in [0.4, 0.5) is 0 Å². The predicted octanol–water partition coefficient (Wildman–Crippen LogP) is 0.102. The average Bonchev–Trinajstić information content (AvgIpc) is 3.04. The number of carbonyl (C=O) groups excluding carboxylic acids is 1. The van der Waals surface area contributed by atoms with Gasteiger partial charge in [0, 0.05) is 38.1 Å². The van der Waals surface area contributed by atoms with E-state index in [0.717, 1.165) is 18.0 Å². The lowest BCUT2D eigenvalue weighted by Crippen LogP contribution is -2.59. The quantitative estimate of drug-likeness (QED) is 0.814. The van der Waals surface area contributed by atoms with Crippen molar-refractivity contribution in [3.05, 3.63) is 22.4 Å². The number of hydrogen-bond donors (Lipinski definition) is 1. The van der Waals surface area contributed by atoms with Crippen molar-refractivity contribution < 1.29 is 13.2 Å². The maximum absolute atomic E-state index is 12.9. The first-order valence-corrected chi connectivity index (χ1v) is 9.96. The van der Waals surface area contributed by atoms with Gasteiger partial charge in [0.2, 0.25) is 5.91 Å². The van der Waals surface area contributed by atoms with E-state index in [1.807, 2.05) is 24.6 Å². The Morgan fingerprint density at radius 2 is 1.96 bits per heavy atom. The molecule has 1 aromatic heterocycles. The molecular formula is C14H22N4O3S2. The van der Waals surface area contributed by atoms with Gasteiger partial charge in [0.25, 0.3) is 10.2 Å². The number of amides is 1. The van der Waals surface area contributed by atoms with Gasteiger partial charge in [0.15, 0.2) is 0 Å². The van der Waals surface area contributed by atoms with Crippen LogP contribution in [0.15, 0.2) is 17.5 Å². The highest BCUT2D eigenvalue weighted by Gasteiger charge is 2.42. The molecule has 23 heavy (non-hydrogen) atoms. The molecule has 0 bridgehead atoms. The van der Waals surface area contributed by atoms with Gasteiger partial charge in [-0.2, -0.15) is 17.4 Å². The summed E-state index contributed by atoms with van der Waals surface area (Å²) in [6, 6.07) is 2.82. The molecule has 9 heteroatoms. The molecule has 0 aromatic carbocycles. The van der Waals surface area contributed by atoms with Crippen LogP contribution in [-0.2, 0) is 15.0 Å². The van der Waals surface area contributed by atoms with Gasteiger partial charge in [-0.3, -0.25) is 4.79 Å². The van der Waals surface area contributed by atoms with Crippen LogP contribution in [0.5, 0.6) is 0 Å². The molecule has 3 rings (SSSR count). The van der Waals surface area contributed by atoms with Crippen molar-refractivity contribution in [1.82, 2.24) is 18.8 Å². The summed E-state index contributed by atoms with van der Waals surface area (Å²) in [6.45, 7) is 2.94. The SMILES string of the molecule is CN1CCN(C(=O)[C@@H]2C[C@@H](c3cccs3)NS(=O)(=O)N2C)CC1. The minimum absolute atomic E-state index is 0.0905. The molecule has 0 radical (unpaired) electrons. The van der Waals surface area contributed by atoms with Crippen LogP contribution in [0, 0.1) is 0 Å². The fourth-order valence-electron chi connectivity index (χ4n) is 3.01.